The van der Waals surface area contributed by atoms with Crippen molar-refractivity contribution in [2.75, 3.05) is 5.32 Å². The molecule has 26 heavy (non-hydrogen) atoms. The second-order valence-electron chi connectivity index (χ2n) is 5.03. The number of rotatable bonds is 3. The first kappa shape index (κ1) is 20.5. The molecule has 0 saturated heterocycles. The van der Waals surface area contributed by atoms with Gasteiger partial charge in [0.05, 0.1) is 9.13 Å². The normalized spacial score (nSPS) is 11.8. The number of nitrogens with zero attached hydrogens (tertiary/aromatic N) is 1. The Labute approximate surface area is 174 Å². The summed E-state index contributed by atoms with van der Waals surface area (Å²) in [6.07, 6.45) is -3.36. The summed E-state index contributed by atoms with van der Waals surface area (Å²) in [5.74, 6) is -0.967. The second kappa shape index (κ2) is 8.26. The Bertz CT molecular complexity index is 935. The minimum atomic E-state index is -4.54. The second-order valence-corrected chi connectivity index (χ2v) is 7.44. The number of alkyl halides is 3. The van der Waals surface area contributed by atoms with Gasteiger partial charge in [-0.25, -0.2) is 0 Å². The maximum absolute atomic E-state index is 12.7. The number of hydrogen-bond donors (Lipinski definition) is 2. The van der Waals surface area contributed by atoms with Gasteiger partial charge in [0.15, 0.2) is 0 Å². The summed E-state index contributed by atoms with van der Waals surface area (Å²) in [7, 11) is 0. The fraction of sp³-hybridized carbons (Fsp3) is 0.0588. The monoisotopic (exact) mass is 584 g/mol. The molecule has 2 aromatic rings. The summed E-state index contributed by atoms with van der Waals surface area (Å²) in [6.45, 7) is 0. The molecule has 1 amide bonds. The lowest BCUT2D eigenvalue weighted by molar-refractivity contribution is -0.137. The number of phenolic OH excluding ortho intramolecular Hbond substituents is 1. The highest BCUT2D eigenvalue weighted by Gasteiger charge is 2.30. The quantitative estimate of drug-likeness (QED) is 0.298. The summed E-state index contributed by atoms with van der Waals surface area (Å²) in [6, 6.07) is 9.07. The maximum atomic E-state index is 12.7. The van der Waals surface area contributed by atoms with E-state index in [-0.39, 0.29) is 22.6 Å². The molecule has 0 aliphatic carbocycles. The van der Waals surface area contributed by atoms with Crippen LogP contribution in [0.4, 0.5) is 18.9 Å². The van der Waals surface area contributed by atoms with Crippen LogP contribution in [0.1, 0.15) is 11.1 Å². The number of halogens is 5. The zero-order valence-corrected chi connectivity index (χ0v) is 17.0. The molecule has 2 aromatic carbocycles. The molecule has 9 heteroatoms. The van der Waals surface area contributed by atoms with Gasteiger partial charge in [-0.1, -0.05) is 6.07 Å². The highest BCUT2D eigenvalue weighted by atomic mass is 127. The van der Waals surface area contributed by atoms with Crippen LogP contribution in [0.2, 0.25) is 0 Å². The number of phenols is 1. The average Bonchev–Trinajstić information content (AvgIpc) is 2.56. The van der Waals surface area contributed by atoms with E-state index in [1.807, 2.05) is 45.2 Å². The first-order valence-corrected chi connectivity index (χ1v) is 9.06. The van der Waals surface area contributed by atoms with Gasteiger partial charge in [0.25, 0.3) is 5.91 Å². The molecule has 0 saturated carbocycles. The molecule has 0 aliphatic heterocycles. The van der Waals surface area contributed by atoms with E-state index >= 15 is 0 Å². The van der Waals surface area contributed by atoms with Gasteiger partial charge in [0, 0.05) is 14.8 Å². The Kier molecular flexibility index (Phi) is 6.51. The van der Waals surface area contributed by atoms with Crippen LogP contribution in [0, 0.1) is 18.5 Å². The number of nitrogens with one attached hydrogen (secondary N) is 1. The van der Waals surface area contributed by atoms with Gasteiger partial charge in [-0.3, -0.25) is 4.79 Å². The van der Waals surface area contributed by atoms with E-state index < -0.39 is 17.6 Å². The Balaban J connectivity index is 2.32. The third-order valence-electron chi connectivity index (χ3n) is 3.17. The molecule has 0 radical (unpaired) electrons. The van der Waals surface area contributed by atoms with Crippen LogP contribution < -0.4 is 5.32 Å². The number of nitriles is 1. The number of carbonyl (C=O) groups is 1. The van der Waals surface area contributed by atoms with Crippen LogP contribution in [0.3, 0.4) is 0 Å². The smallest absolute Gasteiger partial charge is 0.416 e. The summed E-state index contributed by atoms with van der Waals surface area (Å²) < 4.78 is 39.5. The van der Waals surface area contributed by atoms with Gasteiger partial charge in [0.1, 0.15) is 17.4 Å². The van der Waals surface area contributed by atoms with Crippen molar-refractivity contribution in [2.45, 2.75) is 6.18 Å². The largest absolute Gasteiger partial charge is 0.506 e. The van der Waals surface area contributed by atoms with E-state index in [1.54, 1.807) is 18.2 Å². The van der Waals surface area contributed by atoms with Gasteiger partial charge in [-0.15, -0.1) is 0 Å². The van der Waals surface area contributed by atoms with E-state index in [9.17, 15) is 28.3 Å². The molecule has 0 aliphatic rings. The van der Waals surface area contributed by atoms with Gasteiger partial charge < -0.3 is 10.4 Å². The van der Waals surface area contributed by atoms with Crippen molar-refractivity contribution in [1.29, 1.82) is 5.26 Å². The lowest BCUT2D eigenvalue weighted by atomic mass is 10.1. The third kappa shape index (κ3) is 5.10. The molecule has 0 fully saturated rings. The van der Waals surface area contributed by atoms with Crippen LogP contribution in [-0.4, -0.2) is 11.0 Å². The van der Waals surface area contributed by atoms with Crippen LogP contribution in [-0.2, 0) is 11.0 Å². The van der Waals surface area contributed by atoms with Crippen molar-refractivity contribution in [1.82, 2.24) is 0 Å². The molecular formula is C17H9F3I2N2O2. The Hall–Kier alpha value is -1.81. The predicted molar refractivity (Wildman–Crippen MR) is 107 cm³/mol. The predicted octanol–water partition coefficient (Wildman–Crippen LogP) is 5.17. The van der Waals surface area contributed by atoms with Crippen LogP contribution in [0.5, 0.6) is 5.75 Å². The number of benzene rings is 2. The molecule has 0 heterocycles. The first-order chi connectivity index (χ1) is 12.1. The fourth-order valence-electron chi connectivity index (χ4n) is 1.97. The fourth-order valence-corrected chi connectivity index (χ4v) is 3.86. The molecule has 134 valence electrons. The Morgan fingerprint density at radius 3 is 2.54 bits per heavy atom. The molecule has 0 unspecified atom stereocenters. The molecule has 2 rings (SSSR count). The Morgan fingerprint density at radius 2 is 1.92 bits per heavy atom. The molecule has 2 N–H and O–H groups in total. The van der Waals surface area contributed by atoms with Gasteiger partial charge >= 0.3 is 6.18 Å². The molecular weight excluding hydrogens is 575 g/mol. The minimum Gasteiger partial charge on any atom is -0.506 e. The summed E-state index contributed by atoms with van der Waals surface area (Å²) >= 11 is 3.93. The summed E-state index contributed by atoms with van der Waals surface area (Å²) in [5.41, 5.74) is -1.09. The van der Waals surface area contributed by atoms with Gasteiger partial charge in [-0.2, -0.15) is 18.4 Å². The number of carbonyl (C=O) groups excluding carboxylic acids is 1. The van der Waals surface area contributed by atoms with E-state index in [2.05, 4.69) is 5.32 Å². The van der Waals surface area contributed by atoms with E-state index in [0.29, 0.717) is 3.57 Å². The zero-order valence-electron chi connectivity index (χ0n) is 12.7. The average molecular weight is 584 g/mol. The van der Waals surface area contributed by atoms with Crippen molar-refractivity contribution in [2.24, 2.45) is 0 Å². The van der Waals surface area contributed by atoms with Crippen LogP contribution >= 0.6 is 45.2 Å². The highest BCUT2D eigenvalue weighted by Crippen LogP contribution is 2.31. The third-order valence-corrected chi connectivity index (χ3v) is 4.62. The molecule has 0 atom stereocenters. The zero-order chi connectivity index (χ0) is 19.5. The standard InChI is InChI=1S/C17H9F3I2N2O2/c18-17(19,20)11-2-1-3-13(6-11)24-16(26)10(8-23)4-9-5-12(21)7-14(22)15(9)25/h1-7,25H,(H,24,26)/b10-4-. The summed E-state index contributed by atoms with van der Waals surface area (Å²) in [4.78, 5) is 12.2. The van der Waals surface area contributed by atoms with Crippen molar-refractivity contribution >= 4 is 62.9 Å². The number of anilines is 1. The van der Waals surface area contributed by atoms with E-state index in [4.69, 9.17) is 0 Å². The van der Waals surface area contributed by atoms with Gasteiger partial charge in [-0.05, 0) is 81.6 Å². The van der Waals surface area contributed by atoms with Crippen molar-refractivity contribution < 1.29 is 23.1 Å². The molecule has 0 aromatic heterocycles. The minimum absolute atomic E-state index is 0.0904. The van der Waals surface area contributed by atoms with Crippen LogP contribution in [0.15, 0.2) is 42.0 Å². The first-order valence-electron chi connectivity index (χ1n) is 6.90. The number of amides is 1. The lowest BCUT2D eigenvalue weighted by Gasteiger charge is -2.10. The molecule has 4 nitrogen and oxygen atoms in total. The van der Waals surface area contributed by atoms with E-state index in [1.165, 1.54) is 12.1 Å². The van der Waals surface area contributed by atoms with E-state index in [0.717, 1.165) is 21.8 Å². The summed E-state index contributed by atoms with van der Waals surface area (Å²) in [5, 5.41) is 21.5. The number of aromatic hydroxyl groups is 1. The van der Waals surface area contributed by atoms with Gasteiger partial charge in [0.2, 0.25) is 0 Å². The molecule has 0 bridgehead atoms. The Morgan fingerprint density at radius 1 is 1.23 bits per heavy atom. The SMILES string of the molecule is N#C/C(=C/c1cc(I)cc(I)c1O)C(=O)Nc1cccc(C(F)(F)F)c1. The maximum Gasteiger partial charge on any atom is 0.416 e. The highest BCUT2D eigenvalue weighted by molar-refractivity contribution is 14.1. The van der Waals surface area contributed by atoms with Crippen LogP contribution in [0.25, 0.3) is 6.08 Å². The van der Waals surface area contributed by atoms with Crippen molar-refractivity contribution in [3.05, 3.63) is 60.2 Å². The number of hydrogen-bond acceptors (Lipinski definition) is 3. The lowest BCUT2D eigenvalue weighted by Crippen LogP contribution is -2.14. The molecule has 0 spiro atoms. The van der Waals surface area contributed by atoms with Crippen molar-refractivity contribution in [3.63, 3.8) is 0 Å². The topological polar surface area (TPSA) is 73.1 Å². The van der Waals surface area contributed by atoms with Crippen molar-refractivity contribution in [3.8, 4) is 11.8 Å².